The summed E-state index contributed by atoms with van der Waals surface area (Å²) in [5.41, 5.74) is 5.43. The first kappa shape index (κ1) is 35.1. The number of nitriles is 2. The zero-order valence-electron chi connectivity index (χ0n) is 28.1. The van der Waals surface area contributed by atoms with E-state index < -0.39 is 7.82 Å². The number of fused-ring (bicyclic) bond motifs is 3. The molecule has 2 aliphatic rings. The Morgan fingerprint density at radius 3 is 2.56 bits per heavy atom. The van der Waals surface area contributed by atoms with Crippen molar-refractivity contribution in [3.8, 4) is 23.3 Å². The van der Waals surface area contributed by atoms with Crippen LogP contribution in [0.3, 0.4) is 0 Å². The summed E-state index contributed by atoms with van der Waals surface area (Å²) in [6.45, 7) is 4.48. The number of rotatable bonds is 13. The molecule has 50 heavy (non-hydrogen) atoms. The molecule has 3 aromatic heterocycles. The molecule has 13 nitrogen and oxygen atoms in total. The van der Waals surface area contributed by atoms with E-state index in [-0.39, 0.29) is 49.3 Å². The Kier molecular flexibility index (Phi) is 10.3. The molecule has 0 amide bonds. The number of nitrogens with one attached hydrogen (secondary N) is 2. The average Bonchev–Trinajstić information content (AvgIpc) is 3.59. The molecular weight excluding hydrogens is 675 g/mol. The zero-order valence-corrected chi connectivity index (χ0v) is 29.8. The highest BCUT2D eigenvalue weighted by Gasteiger charge is 2.38. The lowest BCUT2D eigenvalue weighted by atomic mass is 9.89. The number of nitrogens with zero attached hydrogens (tertiary/aromatic N) is 6. The van der Waals surface area contributed by atoms with Crippen LogP contribution < -0.4 is 15.8 Å². The van der Waals surface area contributed by atoms with Crippen LogP contribution in [0.5, 0.6) is 0 Å². The highest BCUT2D eigenvalue weighted by Crippen LogP contribution is 2.52. The fourth-order valence-electron chi connectivity index (χ4n) is 6.39. The molecule has 0 radical (unpaired) electrons. The van der Waals surface area contributed by atoms with Gasteiger partial charge in [-0.15, -0.1) is 11.3 Å². The molecule has 0 saturated carbocycles. The molecule has 4 aromatic rings. The van der Waals surface area contributed by atoms with Crippen LogP contribution in [0.15, 0.2) is 53.8 Å². The van der Waals surface area contributed by atoms with Gasteiger partial charge in [0.15, 0.2) is 0 Å². The van der Waals surface area contributed by atoms with Crippen LogP contribution >= 0.6 is 19.2 Å². The largest absolute Gasteiger partial charge is 0.475 e. The SMILES string of the molecule is Cn1cc(-c2cccc(N3CCc4c(sc5c4CC(C)(C)C5)C3=N)c2COP(=O)(OCCC#N)OCCC#N)cc(Nc2ccncn2)c1=O. The third kappa shape index (κ3) is 7.41. The number of phosphoric acid groups is 1. The van der Waals surface area contributed by atoms with Gasteiger partial charge in [0.1, 0.15) is 23.7 Å². The van der Waals surface area contributed by atoms with Gasteiger partial charge in [-0.3, -0.25) is 23.8 Å². The molecule has 258 valence electrons. The Bertz CT molecular complexity index is 2090. The standard InChI is InChI=1S/C35H37N8O5PS/c1-35(2)18-26-25-10-14-43(33(38)32(25)50-30(26)19-35)29-8-4-7-24(27(29)21-48-49(45,46-15-5-11-36)47-16-6-12-37)23-17-28(34(44)42(3)20-23)41-31-9-13-39-22-40-31/h4,7-9,13,17,20,22,38H,5-6,10,14-16,18-19,21H2,1-3H3,(H,39,40,41). The topological polar surface area (TPSA) is 179 Å². The highest BCUT2D eigenvalue weighted by atomic mass is 32.1. The Balaban J connectivity index is 1.42. The summed E-state index contributed by atoms with van der Waals surface area (Å²) >= 11 is 1.69. The maximum absolute atomic E-state index is 13.8. The van der Waals surface area contributed by atoms with Crippen molar-refractivity contribution >= 4 is 42.2 Å². The summed E-state index contributed by atoms with van der Waals surface area (Å²) in [5.74, 6) is 0.826. The van der Waals surface area contributed by atoms with Crippen molar-refractivity contribution < 1.29 is 18.1 Å². The van der Waals surface area contributed by atoms with E-state index in [1.807, 2.05) is 35.2 Å². The van der Waals surface area contributed by atoms with Crippen molar-refractivity contribution in [1.82, 2.24) is 14.5 Å². The molecule has 2 N–H and O–H groups in total. The van der Waals surface area contributed by atoms with Crippen LogP contribution in [-0.4, -0.2) is 40.1 Å². The summed E-state index contributed by atoms with van der Waals surface area (Å²) in [4.78, 5) is 25.6. The Morgan fingerprint density at radius 1 is 1.10 bits per heavy atom. The van der Waals surface area contributed by atoms with Crippen molar-refractivity contribution in [2.24, 2.45) is 12.5 Å². The smallest absolute Gasteiger partial charge is 0.336 e. The van der Waals surface area contributed by atoms with Gasteiger partial charge in [-0.05, 0) is 59.6 Å². The molecule has 0 saturated heterocycles. The molecule has 15 heteroatoms. The molecule has 0 bridgehead atoms. The molecule has 0 fully saturated rings. The van der Waals surface area contributed by atoms with Crippen LogP contribution in [0.4, 0.5) is 17.2 Å². The van der Waals surface area contributed by atoms with E-state index in [0.717, 1.165) is 24.1 Å². The third-order valence-electron chi connectivity index (χ3n) is 8.64. The normalized spacial score (nSPS) is 14.9. The molecule has 1 aliphatic heterocycles. The van der Waals surface area contributed by atoms with E-state index >= 15 is 0 Å². The minimum absolute atomic E-state index is 0.0355. The summed E-state index contributed by atoms with van der Waals surface area (Å²) in [7, 11) is -2.57. The minimum atomic E-state index is -4.22. The number of pyridine rings is 1. The second-order valence-corrected chi connectivity index (χ2v) is 15.6. The first-order chi connectivity index (χ1) is 24.0. The zero-order chi connectivity index (χ0) is 35.5. The van der Waals surface area contributed by atoms with Gasteiger partial charge in [-0.25, -0.2) is 14.5 Å². The number of benzene rings is 1. The van der Waals surface area contributed by atoms with Gasteiger partial charge in [0.2, 0.25) is 0 Å². The fourth-order valence-corrected chi connectivity index (χ4v) is 9.12. The number of amidine groups is 1. The van der Waals surface area contributed by atoms with E-state index in [2.05, 4.69) is 29.1 Å². The molecule has 1 aromatic carbocycles. The van der Waals surface area contributed by atoms with Crippen molar-refractivity contribution in [3.63, 3.8) is 0 Å². The molecular formula is C35H37N8O5PS. The van der Waals surface area contributed by atoms with Crippen LogP contribution in [0.25, 0.3) is 11.1 Å². The molecule has 0 spiro atoms. The first-order valence-corrected chi connectivity index (χ1v) is 18.4. The number of thiophene rings is 1. The average molecular weight is 713 g/mol. The fraction of sp³-hybridized carbons (Fsp3) is 0.371. The van der Waals surface area contributed by atoms with Gasteiger partial charge in [-0.2, -0.15) is 10.5 Å². The quantitative estimate of drug-likeness (QED) is 0.112. The van der Waals surface area contributed by atoms with Crippen LogP contribution in [0.2, 0.25) is 0 Å². The molecule has 1 aliphatic carbocycles. The Hall–Kier alpha value is -4.69. The maximum atomic E-state index is 13.8. The predicted octanol–water partition coefficient (Wildman–Crippen LogP) is 6.65. The van der Waals surface area contributed by atoms with E-state index in [1.54, 1.807) is 42.9 Å². The summed E-state index contributed by atoms with van der Waals surface area (Å²) in [6.07, 6.45) is 7.34. The predicted molar refractivity (Wildman–Crippen MR) is 191 cm³/mol. The van der Waals surface area contributed by atoms with E-state index in [9.17, 15) is 14.8 Å². The monoisotopic (exact) mass is 712 g/mol. The van der Waals surface area contributed by atoms with Gasteiger partial charge in [0.25, 0.3) is 5.56 Å². The third-order valence-corrected chi connectivity index (χ3v) is 11.4. The lowest BCUT2D eigenvalue weighted by molar-refractivity contribution is 0.111. The second-order valence-electron chi connectivity index (χ2n) is 12.9. The Morgan fingerprint density at radius 2 is 1.86 bits per heavy atom. The van der Waals surface area contributed by atoms with Crippen LogP contribution in [0.1, 0.15) is 53.1 Å². The number of aryl methyl sites for hydroxylation is 1. The molecule has 6 rings (SSSR count). The lowest BCUT2D eigenvalue weighted by Gasteiger charge is -2.33. The van der Waals surface area contributed by atoms with Gasteiger partial charge < -0.3 is 14.8 Å². The van der Waals surface area contributed by atoms with Gasteiger partial charge in [-0.1, -0.05) is 26.0 Å². The van der Waals surface area contributed by atoms with Gasteiger partial charge >= 0.3 is 7.82 Å². The molecule has 0 atom stereocenters. The number of phosphoric ester groups is 1. The maximum Gasteiger partial charge on any atom is 0.475 e. The Labute approximate surface area is 294 Å². The van der Waals surface area contributed by atoms with Crippen LogP contribution in [-0.2, 0) is 51.1 Å². The number of aromatic nitrogens is 3. The number of hydrogen-bond acceptors (Lipinski definition) is 12. The van der Waals surface area contributed by atoms with E-state index in [4.69, 9.17) is 24.1 Å². The minimum Gasteiger partial charge on any atom is -0.336 e. The summed E-state index contributed by atoms with van der Waals surface area (Å²) in [6, 6.07) is 12.9. The van der Waals surface area contributed by atoms with Crippen molar-refractivity contribution in [1.29, 1.82) is 15.9 Å². The van der Waals surface area contributed by atoms with Gasteiger partial charge in [0, 0.05) is 47.7 Å². The molecule has 4 heterocycles. The van der Waals surface area contributed by atoms with E-state index in [1.165, 1.54) is 26.9 Å². The van der Waals surface area contributed by atoms with Crippen LogP contribution in [0, 0.1) is 33.5 Å². The highest BCUT2D eigenvalue weighted by molar-refractivity contribution is 7.48. The van der Waals surface area contributed by atoms with E-state index in [0.29, 0.717) is 40.6 Å². The first-order valence-electron chi connectivity index (χ1n) is 16.2. The van der Waals surface area contributed by atoms with Crippen molar-refractivity contribution in [3.05, 3.63) is 85.9 Å². The van der Waals surface area contributed by atoms with Crippen molar-refractivity contribution in [2.45, 2.75) is 52.6 Å². The lowest BCUT2D eigenvalue weighted by Crippen LogP contribution is -2.38. The van der Waals surface area contributed by atoms with Gasteiger partial charge in [0.05, 0.1) is 49.7 Å². The summed E-state index contributed by atoms with van der Waals surface area (Å²) in [5, 5.41) is 30.6. The van der Waals surface area contributed by atoms with Crippen molar-refractivity contribution in [2.75, 3.05) is 30.0 Å². The molecule has 0 unspecified atom stereocenters. The number of anilines is 3. The number of hydrogen-bond donors (Lipinski definition) is 2. The summed E-state index contributed by atoms with van der Waals surface area (Å²) < 4.78 is 32.1. The second kappa shape index (κ2) is 14.7.